The van der Waals surface area contributed by atoms with E-state index in [2.05, 4.69) is 10.2 Å². The second kappa shape index (κ2) is 9.83. The van der Waals surface area contributed by atoms with Gasteiger partial charge in [-0.15, -0.1) is 10.2 Å². The quantitative estimate of drug-likeness (QED) is 0.282. The number of halogens is 2. The molecule has 0 radical (unpaired) electrons. The van der Waals surface area contributed by atoms with Gasteiger partial charge in [0.15, 0.2) is 22.7 Å². The van der Waals surface area contributed by atoms with Crippen molar-refractivity contribution in [2.45, 2.75) is 40.7 Å². The van der Waals surface area contributed by atoms with Gasteiger partial charge in [0.2, 0.25) is 11.8 Å². The zero-order valence-electron chi connectivity index (χ0n) is 20.5. The number of hydrogen-bond acceptors (Lipinski definition) is 6. The van der Waals surface area contributed by atoms with Gasteiger partial charge in [0.05, 0.1) is 16.8 Å². The van der Waals surface area contributed by atoms with Crippen LogP contribution in [0.2, 0.25) is 0 Å². The number of fused-ring (bicyclic) bond motifs is 1. The number of nitrogens with zero attached hydrogens (tertiary/aromatic N) is 3. The molecule has 7 nitrogen and oxygen atoms in total. The molecule has 9 heteroatoms. The number of aryl methyl sites for hydroxylation is 2. The molecule has 0 unspecified atom stereocenters. The summed E-state index contributed by atoms with van der Waals surface area (Å²) < 4.78 is 41.0. The van der Waals surface area contributed by atoms with Gasteiger partial charge in [0, 0.05) is 35.7 Å². The number of aliphatic hydroxyl groups is 1. The summed E-state index contributed by atoms with van der Waals surface area (Å²) in [5, 5.41) is 18.9. The van der Waals surface area contributed by atoms with E-state index >= 15 is 0 Å². The molecule has 38 heavy (non-hydrogen) atoms. The van der Waals surface area contributed by atoms with Crippen molar-refractivity contribution < 1.29 is 23.0 Å². The van der Waals surface area contributed by atoms with Gasteiger partial charge in [-0.1, -0.05) is 13.5 Å². The van der Waals surface area contributed by atoms with Gasteiger partial charge < -0.3 is 18.8 Å². The van der Waals surface area contributed by atoms with E-state index in [9.17, 15) is 18.7 Å². The van der Waals surface area contributed by atoms with Crippen molar-refractivity contribution in [3.8, 4) is 28.6 Å². The fourth-order valence-electron chi connectivity index (χ4n) is 4.06. The monoisotopic (exact) mass is 519 g/mol. The van der Waals surface area contributed by atoms with Crippen molar-refractivity contribution in [2.75, 3.05) is 0 Å². The molecule has 0 fully saturated rings. The van der Waals surface area contributed by atoms with Crippen molar-refractivity contribution in [1.29, 1.82) is 0 Å². The predicted octanol–water partition coefficient (Wildman–Crippen LogP) is 6.59. The highest BCUT2D eigenvalue weighted by Crippen LogP contribution is 2.35. The van der Waals surface area contributed by atoms with Crippen LogP contribution < -0.4 is 10.2 Å². The van der Waals surface area contributed by atoms with Crippen molar-refractivity contribution in [1.82, 2.24) is 14.8 Å². The van der Waals surface area contributed by atoms with E-state index in [0.717, 1.165) is 12.1 Å². The molecule has 0 bridgehead atoms. The molecule has 5 aromatic rings. The minimum Gasteiger partial charge on any atom is -0.452 e. The molecule has 2 aromatic heterocycles. The molecule has 2 heterocycles. The molecule has 0 aliphatic heterocycles. The van der Waals surface area contributed by atoms with Crippen LogP contribution in [0.25, 0.3) is 28.0 Å². The Hall–Kier alpha value is -4.37. The number of hydrogen-bond donors (Lipinski definition) is 1. The molecule has 0 amide bonds. The van der Waals surface area contributed by atoms with Crippen LogP contribution in [0.1, 0.15) is 38.3 Å². The Balaban J connectivity index is 0.00000336. The average molecular weight is 520 g/mol. The summed E-state index contributed by atoms with van der Waals surface area (Å²) in [5.41, 5.74) is 1.19. The Morgan fingerprint density at radius 2 is 1.71 bits per heavy atom. The highest BCUT2D eigenvalue weighted by atomic mass is 19.1. The first kappa shape index (κ1) is 26.7. The molecule has 1 N–H and O–H groups in total. The van der Waals surface area contributed by atoms with Gasteiger partial charge in [-0.05, 0) is 68.8 Å². The summed E-state index contributed by atoms with van der Waals surface area (Å²) >= 11 is 0. The van der Waals surface area contributed by atoms with Crippen LogP contribution in [-0.2, 0) is 5.60 Å². The summed E-state index contributed by atoms with van der Waals surface area (Å²) in [6, 6.07) is 13.2. The number of rotatable bonds is 5. The molecule has 0 saturated carbocycles. The smallest absolute Gasteiger partial charge is 0.247 e. The van der Waals surface area contributed by atoms with E-state index in [1.165, 1.54) is 6.07 Å². The molecule has 3 aromatic carbocycles. The average Bonchev–Trinajstić information content (AvgIpc) is 3.29. The maximum atomic E-state index is 14.4. The molecule has 0 aliphatic carbocycles. The second-order valence-electron chi connectivity index (χ2n) is 9.29. The van der Waals surface area contributed by atoms with Crippen molar-refractivity contribution >= 4 is 10.9 Å². The van der Waals surface area contributed by atoms with Gasteiger partial charge in [0.25, 0.3) is 0 Å². The second-order valence-corrected chi connectivity index (χ2v) is 9.29. The molecule has 0 aliphatic rings. The van der Waals surface area contributed by atoms with E-state index in [-0.39, 0.29) is 30.2 Å². The first-order valence-electron chi connectivity index (χ1n) is 11.5. The largest absolute Gasteiger partial charge is 0.452 e. The molecular formula is C29H27F2N3O4. The zero-order chi connectivity index (χ0) is 26.5. The summed E-state index contributed by atoms with van der Waals surface area (Å²) in [4.78, 5) is 13.1. The fraction of sp³-hybridized carbons (Fsp3) is 0.207. The van der Waals surface area contributed by atoms with Gasteiger partial charge in [0.1, 0.15) is 5.82 Å². The third kappa shape index (κ3) is 4.92. The first-order valence-corrected chi connectivity index (χ1v) is 11.5. The minimum atomic E-state index is -1.19. The SMILES string of the molecule is C.Cc1nnc(-c2ccc3c(c2)c(=O)c(C)cn3-c2cc(C(C)(C)O)ccc2Oc2ccc(F)cc2F)o1. The third-order valence-corrected chi connectivity index (χ3v) is 5.99. The maximum Gasteiger partial charge on any atom is 0.247 e. The minimum absolute atomic E-state index is 0. The van der Waals surface area contributed by atoms with E-state index in [1.807, 2.05) is 0 Å². The number of aromatic nitrogens is 3. The molecule has 196 valence electrons. The Morgan fingerprint density at radius 3 is 2.37 bits per heavy atom. The van der Waals surface area contributed by atoms with Crippen LogP contribution in [-0.4, -0.2) is 19.9 Å². The fourth-order valence-corrected chi connectivity index (χ4v) is 4.06. The zero-order valence-corrected chi connectivity index (χ0v) is 20.5. The number of ether oxygens (including phenoxy) is 1. The lowest BCUT2D eigenvalue weighted by atomic mass is 9.97. The summed E-state index contributed by atoms with van der Waals surface area (Å²) in [7, 11) is 0. The normalized spacial score (nSPS) is 11.4. The number of benzene rings is 3. The third-order valence-electron chi connectivity index (χ3n) is 5.99. The van der Waals surface area contributed by atoms with E-state index in [0.29, 0.717) is 39.2 Å². The topological polar surface area (TPSA) is 90.4 Å². The maximum absolute atomic E-state index is 14.4. The molecule has 0 atom stereocenters. The van der Waals surface area contributed by atoms with Crippen LogP contribution in [0.3, 0.4) is 0 Å². The lowest BCUT2D eigenvalue weighted by Crippen LogP contribution is -2.17. The highest BCUT2D eigenvalue weighted by molar-refractivity contribution is 5.85. The Morgan fingerprint density at radius 1 is 0.974 bits per heavy atom. The van der Waals surface area contributed by atoms with Crippen molar-refractivity contribution in [2.24, 2.45) is 0 Å². The lowest BCUT2D eigenvalue weighted by Gasteiger charge is -2.22. The predicted molar refractivity (Wildman–Crippen MR) is 141 cm³/mol. The molecule has 5 rings (SSSR count). The van der Waals surface area contributed by atoms with Crippen LogP contribution in [0.4, 0.5) is 8.78 Å². The Kier molecular flexibility index (Phi) is 6.90. The molecule has 0 saturated heterocycles. The van der Waals surface area contributed by atoms with Crippen LogP contribution in [0, 0.1) is 25.5 Å². The summed E-state index contributed by atoms with van der Waals surface area (Å²) in [6.07, 6.45) is 1.65. The van der Waals surface area contributed by atoms with Gasteiger partial charge in [-0.3, -0.25) is 4.79 Å². The molecule has 0 spiro atoms. The Labute approximate surface area is 218 Å². The lowest BCUT2D eigenvalue weighted by molar-refractivity contribution is 0.0785. The van der Waals surface area contributed by atoms with Gasteiger partial charge in [-0.2, -0.15) is 0 Å². The number of pyridine rings is 1. The van der Waals surface area contributed by atoms with E-state index in [4.69, 9.17) is 9.15 Å². The van der Waals surface area contributed by atoms with Crippen LogP contribution in [0.5, 0.6) is 11.5 Å². The van der Waals surface area contributed by atoms with Crippen LogP contribution in [0.15, 0.2) is 70.0 Å². The summed E-state index contributed by atoms with van der Waals surface area (Å²) in [5.74, 6) is -0.842. The first-order chi connectivity index (χ1) is 17.5. The van der Waals surface area contributed by atoms with E-state index < -0.39 is 17.2 Å². The standard InChI is InChI=1S/C28H23F2N3O4.CH4/c1-15-14-33(22-8-5-17(11-20(22)26(15)34)27-32-31-16(2)36-27)23-12-18(28(3,4)35)6-9-25(23)37-24-10-7-19(29)13-21(24)30;/h5-14,35H,1-4H3;1H4. The van der Waals surface area contributed by atoms with Crippen LogP contribution >= 0.6 is 0 Å². The van der Waals surface area contributed by atoms with Crippen molar-refractivity contribution in [3.63, 3.8) is 0 Å². The highest BCUT2D eigenvalue weighted by Gasteiger charge is 2.21. The molecular weight excluding hydrogens is 492 g/mol. The van der Waals surface area contributed by atoms with E-state index in [1.54, 1.807) is 74.9 Å². The summed E-state index contributed by atoms with van der Waals surface area (Å²) in [6.45, 7) is 6.64. The van der Waals surface area contributed by atoms with Gasteiger partial charge >= 0.3 is 0 Å². The van der Waals surface area contributed by atoms with Gasteiger partial charge in [-0.25, -0.2) is 8.78 Å². The van der Waals surface area contributed by atoms with Crippen molar-refractivity contribution in [3.05, 3.63) is 99.7 Å². The Bertz CT molecular complexity index is 1720.